The minimum absolute atomic E-state index is 0.0430. The number of anilines is 1. The van der Waals surface area contributed by atoms with E-state index in [1.165, 1.54) is 16.8 Å². The first-order chi connectivity index (χ1) is 11.5. The number of carbonyl (C=O) groups is 1. The van der Waals surface area contributed by atoms with Crippen molar-refractivity contribution in [3.8, 4) is 0 Å². The van der Waals surface area contributed by atoms with Gasteiger partial charge >= 0.3 is 0 Å². The topological polar surface area (TPSA) is 20.3 Å². The molecule has 2 aromatic rings. The van der Waals surface area contributed by atoms with Gasteiger partial charge in [-0.1, -0.05) is 61.5 Å². The highest BCUT2D eigenvalue weighted by Crippen LogP contribution is 2.62. The van der Waals surface area contributed by atoms with Gasteiger partial charge in [-0.05, 0) is 36.1 Å². The van der Waals surface area contributed by atoms with E-state index in [0.29, 0.717) is 0 Å². The van der Waals surface area contributed by atoms with Crippen LogP contribution in [0.4, 0.5) is 5.69 Å². The van der Waals surface area contributed by atoms with Crippen LogP contribution in [0.3, 0.4) is 0 Å². The standard InChI is InChI=1S/C22H23NO/c1-16(24)17-13-14-21(2)19-11-7-8-12-20(19)23(3)22(21,15-17)18-9-5-4-6-10-18/h4-13H,14-15H2,1-3H3/t21-,22-/m1/s1. The van der Waals surface area contributed by atoms with E-state index in [9.17, 15) is 4.79 Å². The predicted molar refractivity (Wildman–Crippen MR) is 98.3 cm³/mol. The van der Waals surface area contributed by atoms with Crippen molar-refractivity contribution < 1.29 is 4.79 Å². The number of ketones is 1. The fraction of sp³-hybridized carbons (Fsp3) is 0.318. The zero-order valence-electron chi connectivity index (χ0n) is 14.5. The maximum atomic E-state index is 12.2. The number of hydrogen-bond donors (Lipinski definition) is 0. The van der Waals surface area contributed by atoms with E-state index in [-0.39, 0.29) is 16.7 Å². The van der Waals surface area contributed by atoms with Gasteiger partial charge in [0.1, 0.15) is 0 Å². The van der Waals surface area contributed by atoms with Gasteiger partial charge in [0, 0.05) is 24.6 Å². The lowest BCUT2D eigenvalue weighted by molar-refractivity contribution is -0.114. The third-order valence-corrected chi connectivity index (χ3v) is 6.25. The normalized spacial score (nSPS) is 28.1. The smallest absolute Gasteiger partial charge is 0.155 e. The number of likely N-dealkylation sites (N-methyl/N-ethyl adjacent to an activating group) is 1. The molecule has 122 valence electrons. The second-order valence-corrected chi connectivity index (χ2v) is 7.30. The number of carbonyl (C=O) groups excluding carboxylic acids is 1. The van der Waals surface area contributed by atoms with Crippen LogP contribution in [0, 0.1) is 0 Å². The Kier molecular flexibility index (Phi) is 3.21. The van der Waals surface area contributed by atoms with Crippen molar-refractivity contribution in [1.82, 2.24) is 0 Å². The van der Waals surface area contributed by atoms with Gasteiger partial charge in [0.15, 0.2) is 5.78 Å². The first-order valence-corrected chi connectivity index (χ1v) is 8.59. The third-order valence-electron chi connectivity index (χ3n) is 6.25. The molecule has 1 aliphatic carbocycles. The first kappa shape index (κ1) is 15.2. The highest BCUT2D eigenvalue weighted by atomic mass is 16.1. The average Bonchev–Trinajstić information content (AvgIpc) is 2.81. The maximum absolute atomic E-state index is 12.2. The number of nitrogens with zero attached hydrogens (tertiary/aromatic N) is 1. The Labute approximate surface area is 143 Å². The number of hydrogen-bond acceptors (Lipinski definition) is 2. The predicted octanol–water partition coefficient (Wildman–Crippen LogP) is 4.60. The van der Waals surface area contributed by atoms with Crippen molar-refractivity contribution >= 4 is 11.5 Å². The van der Waals surface area contributed by atoms with Crippen LogP contribution in [0.15, 0.2) is 66.2 Å². The molecule has 1 heterocycles. The van der Waals surface area contributed by atoms with Crippen LogP contribution in [-0.4, -0.2) is 12.8 Å². The Balaban J connectivity index is 2.01. The van der Waals surface area contributed by atoms with Crippen molar-refractivity contribution in [2.75, 3.05) is 11.9 Å². The van der Waals surface area contributed by atoms with E-state index in [2.05, 4.69) is 79.5 Å². The molecule has 0 aromatic heterocycles. The fourth-order valence-corrected chi connectivity index (χ4v) is 4.90. The molecule has 0 fully saturated rings. The molecule has 2 heteroatoms. The maximum Gasteiger partial charge on any atom is 0.155 e. The fourth-order valence-electron chi connectivity index (χ4n) is 4.90. The number of Topliss-reactive ketones (excluding diaryl/α,β-unsaturated/α-hetero) is 1. The summed E-state index contributed by atoms with van der Waals surface area (Å²) in [6.45, 7) is 4.05. The molecule has 2 nitrogen and oxygen atoms in total. The molecule has 1 aliphatic heterocycles. The zero-order valence-corrected chi connectivity index (χ0v) is 14.5. The summed E-state index contributed by atoms with van der Waals surface area (Å²) in [7, 11) is 2.18. The van der Waals surface area contributed by atoms with Crippen molar-refractivity contribution in [3.05, 3.63) is 77.4 Å². The Bertz CT molecular complexity index is 838. The number of para-hydroxylation sites is 1. The molecular formula is C22H23NO. The lowest BCUT2D eigenvalue weighted by Crippen LogP contribution is -2.54. The Morgan fingerprint density at radius 1 is 1.04 bits per heavy atom. The van der Waals surface area contributed by atoms with E-state index < -0.39 is 0 Å². The van der Waals surface area contributed by atoms with Gasteiger partial charge in [0.2, 0.25) is 0 Å². The van der Waals surface area contributed by atoms with Crippen LogP contribution >= 0.6 is 0 Å². The highest BCUT2D eigenvalue weighted by molar-refractivity contribution is 5.94. The van der Waals surface area contributed by atoms with Crippen molar-refractivity contribution in [1.29, 1.82) is 0 Å². The SMILES string of the molecule is CC(=O)C1=CC[C@]2(C)c3ccccc3N(C)[C@@]2(c2ccccc2)C1. The molecule has 0 spiro atoms. The van der Waals surface area contributed by atoms with Gasteiger partial charge in [-0.2, -0.15) is 0 Å². The summed E-state index contributed by atoms with van der Waals surface area (Å²) in [6.07, 6.45) is 3.81. The molecule has 0 amide bonds. The molecule has 0 bridgehead atoms. The molecule has 0 saturated carbocycles. The minimum atomic E-state index is -0.215. The molecule has 0 unspecified atom stereocenters. The largest absolute Gasteiger partial charge is 0.363 e. The Morgan fingerprint density at radius 2 is 1.71 bits per heavy atom. The zero-order chi connectivity index (χ0) is 16.9. The highest BCUT2D eigenvalue weighted by Gasteiger charge is 2.60. The molecule has 2 aromatic carbocycles. The van der Waals surface area contributed by atoms with Crippen LogP contribution in [0.25, 0.3) is 0 Å². The summed E-state index contributed by atoms with van der Waals surface area (Å²) >= 11 is 0. The minimum Gasteiger partial charge on any atom is -0.363 e. The van der Waals surface area contributed by atoms with Crippen molar-refractivity contribution in [2.45, 2.75) is 37.6 Å². The van der Waals surface area contributed by atoms with Crippen LogP contribution in [0.5, 0.6) is 0 Å². The third kappa shape index (κ3) is 1.74. The number of benzene rings is 2. The first-order valence-electron chi connectivity index (χ1n) is 8.59. The van der Waals surface area contributed by atoms with E-state index in [1.54, 1.807) is 6.92 Å². The monoisotopic (exact) mass is 317 g/mol. The molecule has 24 heavy (non-hydrogen) atoms. The summed E-state index contributed by atoms with van der Waals surface area (Å²) in [5.41, 5.74) is 4.65. The van der Waals surface area contributed by atoms with E-state index in [1.807, 2.05) is 0 Å². The van der Waals surface area contributed by atoms with Crippen LogP contribution in [0.1, 0.15) is 37.8 Å². The van der Waals surface area contributed by atoms with Gasteiger partial charge in [0.05, 0.1) is 5.54 Å². The number of fused-ring (bicyclic) bond motifs is 3. The molecule has 0 N–H and O–H groups in total. The lowest BCUT2D eigenvalue weighted by atomic mass is 9.58. The van der Waals surface area contributed by atoms with E-state index in [0.717, 1.165) is 18.4 Å². The second kappa shape index (κ2) is 5.07. The Hall–Kier alpha value is -2.35. The molecule has 4 rings (SSSR count). The quantitative estimate of drug-likeness (QED) is 0.807. The molecular weight excluding hydrogens is 294 g/mol. The lowest BCUT2D eigenvalue weighted by Gasteiger charge is -2.51. The number of rotatable bonds is 2. The summed E-state index contributed by atoms with van der Waals surface area (Å²) in [5, 5.41) is 0. The van der Waals surface area contributed by atoms with Gasteiger partial charge in [-0.15, -0.1) is 0 Å². The van der Waals surface area contributed by atoms with Crippen molar-refractivity contribution in [3.63, 3.8) is 0 Å². The van der Waals surface area contributed by atoms with Crippen LogP contribution in [-0.2, 0) is 15.7 Å². The van der Waals surface area contributed by atoms with Gasteiger partial charge in [-0.25, -0.2) is 0 Å². The van der Waals surface area contributed by atoms with E-state index >= 15 is 0 Å². The van der Waals surface area contributed by atoms with Gasteiger partial charge < -0.3 is 4.90 Å². The molecule has 0 saturated heterocycles. The van der Waals surface area contributed by atoms with Crippen molar-refractivity contribution in [2.24, 2.45) is 0 Å². The van der Waals surface area contributed by atoms with Crippen LogP contribution < -0.4 is 4.90 Å². The summed E-state index contributed by atoms with van der Waals surface area (Å²) < 4.78 is 0. The van der Waals surface area contributed by atoms with E-state index in [4.69, 9.17) is 0 Å². The summed E-state index contributed by atoms with van der Waals surface area (Å²) in [6, 6.07) is 19.4. The molecule has 2 atom stereocenters. The van der Waals surface area contributed by atoms with Crippen LogP contribution in [0.2, 0.25) is 0 Å². The summed E-state index contributed by atoms with van der Waals surface area (Å²) in [5.74, 6) is 0.191. The average molecular weight is 317 g/mol. The molecule has 0 radical (unpaired) electrons. The second-order valence-electron chi connectivity index (χ2n) is 7.30. The molecule has 2 aliphatic rings. The Morgan fingerprint density at radius 3 is 2.42 bits per heavy atom. The van der Waals surface area contributed by atoms with Gasteiger partial charge in [-0.3, -0.25) is 4.79 Å². The summed E-state index contributed by atoms with van der Waals surface area (Å²) in [4.78, 5) is 14.6. The number of allylic oxidation sites excluding steroid dienone is 1. The van der Waals surface area contributed by atoms with Gasteiger partial charge in [0.25, 0.3) is 0 Å².